The normalized spacial score (nSPS) is 14.8. The molecule has 0 amide bonds. The predicted molar refractivity (Wildman–Crippen MR) is 63.6 cm³/mol. The van der Waals surface area contributed by atoms with Crippen LogP contribution in [-0.4, -0.2) is 11.6 Å². The molecule has 1 aromatic carbocycles. The van der Waals surface area contributed by atoms with E-state index in [-0.39, 0.29) is 17.1 Å². The quantitative estimate of drug-likeness (QED) is 0.569. The molecule has 0 radical (unpaired) electrons. The molecule has 2 nitrogen and oxygen atoms in total. The second-order valence-corrected chi connectivity index (χ2v) is 4.11. The van der Waals surface area contributed by atoms with E-state index in [9.17, 15) is 9.59 Å². The first-order chi connectivity index (χ1) is 7.58. The monoisotopic (exact) mass is 252 g/mol. The highest BCUT2D eigenvalue weighted by Crippen LogP contribution is 2.24. The number of hydrogen-bond donors (Lipinski definition) is 0. The smallest absolute Gasteiger partial charge is 0.189 e. The summed E-state index contributed by atoms with van der Waals surface area (Å²) in [5.41, 5.74) is 0.827. The Balaban J connectivity index is 2.40. The van der Waals surface area contributed by atoms with E-state index in [2.05, 4.69) is 0 Å². The van der Waals surface area contributed by atoms with Crippen LogP contribution in [0.1, 0.15) is 5.56 Å². The van der Waals surface area contributed by atoms with Gasteiger partial charge in [0.15, 0.2) is 11.6 Å². The number of halogens is 2. The molecule has 0 aliphatic heterocycles. The zero-order valence-corrected chi connectivity index (χ0v) is 9.55. The molecule has 0 unspecified atom stereocenters. The van der Waals surface area contributed by atoms with Gasteiger partial charge in [-0.15, -0.1) is 0 Å². The first-order valence-corrected chi connectivity index (χ1v) is 5.27. The lowest BCUT2D eigenvalue weighted by Crippen LogP contribution is -2.00. The minimum atomic E-state index is -0.281. The summed E-state index contributed by atoms with van der Waals surface area (Å²) in [5.74, 6) is -0.563. The van der Waals surface area contributed by atoms with Gasteiger partial charge in [0.25, 0.3) is 0 Å². The lowest BCUT2D eigenvalue weighted by atomic mass is 10.1. The summed E-state index contributed by atoms with van der Waals surface area (Å²) in [7, 11) is 0. The molecule has 80 valence electrons. The molecule has 4 heteroatoms. The Kier molecular flexibility index (Phi) is 2.95. The van der Waals surface area contributed by atoms with Crippen molar-refractivity contribution in [3.8, 4) is 0 Å². The lowest BCUT2D eigenvalue weighted by molar-refractivity contribution is -0.115. The summed E-state index contributed by atoms with van der Waals surface area (Å²) in [6, 6.07) is 4.92. The van der Waals surface area contributed by atoms with Crippen molar-refractivity contribution in [1.29, 1.82) is 0 Å². The number of ketones is 2. The molecular weight excluding hydrogens is 247 g/mol. The predicted octanol–water partition coefficient (Wildman–Crippen LogP) is 3.08. The average molecular weight is 253 g/mol. The summed E-state index contributed by atoms with van der Waals surface area (Å²) in [6.07, 6.45) is 4.02. The van der Waals surface area contributed by atoms with Crippen molar-refractivity contribution in [3.63, 3.8) is 0 Å². The molecular formula is C12H6Cl2O2. The fourth-order valence-corrected chi connectivity index (χ4v) is 1.67. The van der Waals surface area contributed by atoms with Gasteiger partial charge < -0.3 is 0 Å². The number of carbonyl (C=O) groups excluding carboxylic acids is 2. The highest BCUT2D eigenvalue weighted by molar-refractivity contribution is 6.42. The Morgan fingerprint density at radius 3 is 2.12 bits per heavy atom. The van der Waals surface area contributed by atoms with Gasteiger partial charge in [0.2, 0.25) is 0 Å². The molecule has 2 rings (SSSR count). The second-order valence-electron chi connectivity index (χ2n) is 3.29. The maximum atomic E-state index is 11.3. The number of allylic oxidation sites excluding steroid dienone is 3. The van der Waals surface area contributed by atoms with E-state index in [1.807, 2.05) is 0 Å². The van der Waals surface area contributed by atoms with E-state index < -0.39 is 0 Å². The molecule has 0 fully saturated rings. The van der Waals surface area contributed by atoms with E-state index in [1.165, 1.54) is 18.2 Å². The third-order valence-corrected chi connectivity index (χ3v) is 2.91. The van der Waals surface area contributed by atoms with E-state index in [4.69, 9.17) is 23.2 Å². The maximum Gasteiger partial charge on any atom is 0.189 e. The highest BCUT2D eigenvalue weighted by Gasteiger charge is 2.19. The second kappa shape index (κ2) is 4.24. The molecule has 0 atom stereocenters. The zero-order chi connectivity index (χ0) is 11.7. The molecule has 0 heterocycles. The van der Waals surface area contributed by atoms with Gasteiger partial charge in [0, 0.05) is 0 Å². The van der Waals surface area contributed by atoms with Gasteiger partial charge in [-0.05, 0) is 35.9 Å². The molecule has 0 aromatic heterocycles. The van der Waals surface area contributed by atoms with Crippen molar-refractivity contribution >= 4 is 40.8 Å². The van der Waals surface area contributed by atoms with Gasteiger partial charge in [-0.25, -0.2) is 0 Å². The topological polar surface area (TPSA) is 34.1 Å². The number of rotatable bonds is 1. The van der Waals surface area contributed by atoms with Crippen LogP contribution < -0.4 is 0 Å². The highest BCUT2D eigenvalue weighted by atomic mass is 35.5. The van der Waals surface area contributed by atoms with E-state index in [1.54, 1.807) is 18.2 Å². The molecule has 0 saturated carbocycles. The fraction of sp³-hybridized carbons (Fsp3) is 0. The molecule has 0 saturated heterocycles. The van der Waals surface area contributed by atoms with Crippen LogP contribution in [0.25, 0.3) is 6.08 Å². The van der Waals surface area contributed by atoms with Gasteiger partial charge in [0.05, 0.1) is 15.6 Å². The van der Waals surface area contributed by atoms with Crippen molar-refractivity contribution in [2.24, 2.45) is 0 Å². The van der Waals surface area contributed by atoms with Crippen molar-refractivity contribution in [1.82, 2.24) is 0 Å². The first-order valence-electron chi connectivity index (χ1n) is 4.51. The largest absolute Gasteiger partial charge is 0.289 e. The zero-order valence-electron chi connectivity index (χ0n) is 8.04. The van der Waals surface area contributed by atoms with Gasteiger partial charge in [-0.3, -0.25) is 9.59 Å². The summed E-state index contributed by atoms with van der Waals surface area (Å²) in [5, 5.41) is 0.827. The first kappa shape index (κ1) is 11.1. The van der Waals surface area contributed by atoms with Gasteiger partial charge >= 0.3 is 0 Å². The van der Waals surface area contributed by atoms with Gasteiger partial charge in [-0.2, -0.15) is 0 Å². The van der Waals surface area contributed by atoms with E-state index in [0.29, 0.717) is 15.6 Å². The Morgan fingerprint density at radius 1 is 0.938 bits per heavy atom. The van der Waals surface area contributed by atoms with E-state index in [0.717, 1.165) is 0 Å². The SMILES string of the molecule is O=C1C=CC(=O)C1=Cc1ccc(Cl)c(Cl)c1. The van der Waals surface area contributed by atoms with Crippen LogP contribution >= 0.6 is 23.2 Å². The Hall–Kier alpha value is -1.38. The third kappa shape index (κ3) is 2.08. The molecule has 16 heavy (non-hydrogen) atoms. The number of hydrogen-bond acceptors (Lipinski definition) is 2. The summed E-state index contributed by atoms with van der Waals surface area (Å²) in [4.78, 5) is 22.6. The van der Waals surface area contributed by atoms with Crippen LogP contribution in [0.5, 0.6) is 0 Å². The van der Waals surface area contributed by atoms with Crippen molar-refractivity contribution in [3.05, 3.63) is 51.5 Å². The summed E-state index contributed by atoms with van der Waals surface area (Å²) in [6.45, 7) is 0. The van der Waals surface area contributed by atoms with Crippen LogP contribution in [0.2, 0.25) is 10.0 Å². The van der Waals surface area contributed by atoms with Crippen LogP contribution in [0.15, 0.2) is 35.9 Å². The Bertz CT molecular complexity index is 522. The minimum Gasteiger partial charge on any atom is -0.289 e. The van der Waals surface area contributed by atoms with Crippen LogP contribution in [0, 0.1) is 0 Å². The van der Waals surface area contributed by atoms with Crippen LogP contribution in [-0.2, 0) is 9.59 Å². The van der Waals surface area contributed by atoms with Crippen molar-refractivity contribution in [2.75, 3.05) is 0 Å². The fourth-order valence-electron chi connectivity index (χ4n) is 1.36. The molecule has 1 aliphatic carbocycles. The maximum absolute atomic E-state index is 11.3. The average Bonchev–Trinajstić information content (AvgIpc) is 2.55. The third-order valence-electron chi connectivity index (χ3n) is 2.17. The van der Waals surface area contributed by atoms with Gasteiger partial charge in [0.1, 0.15) is 0 Å². The van der Waals surface area contributed by atoms with Crippen LogP contribution in [0.3, 0.4) is 0 Å². The summed E-state index contributed by atoms with van der Waals surface area (Å²) >= 11 is 11.6. The molecule has 0 N–H and O–H groups in total. The minimum absolute atomic E-state index is 0.151. The summed E-state index contributed by atoms with van der Waals surface area (Å²) < 4.78 is 0. The standard InChI is InChI=1S/C12H6Cl2O2/c13-9-2-1-7(6-10(9)14)5-8-11(15)3-4-12(8)16/h1-6H. The molecule has 1 aromatic rings. The Morgan fingerprint density at radius 2 is 1.56 bits per heavy atom. The van der Waals surface area contributed by atoms with Gasteiger partial charge in [-0.1, -0.05) is 29.3 Å². The number of benzene rings is 1. The van der Waals surface area contributed by atoms with Crippen molar-refractivity contribution in [2.45, 2.75) is 0 Å². The Labute approximate surface area is 102 Å². The number of carbonyl (C=O) groups is 2. The molecule has 0 spiro atoms. The molecule has 1 aliphatic rings. The van der Waals surface area contributed by atoms with Crippen molar-refractivity contribution < 1.29 is 9.59 Å². The van der Waals surface area contributed by atoms with Crippen LogP contribution in [0.4, 0.5) is 0 Å². The van der Waals surface area contributed by atoms with E-state index >= 15 is 0 Å². The lowest BCUT2D eigenvalue weighted by Gasteiger charge is -1.99. The molecule has 0 bridgehead atoms.